The summed E-state index contributed by atoms with van der Waals surface area (Å²) < 4.78 is 21.5. The number of halogens is 1. The number of ether oxygens (including phenoxy) is 1. The van der Waals surface area contributed by atoms with Crippen LogP contribution in [0.2, 0.25) is 0 Å². The van der Waals surface area contributed by atoms with Gasteiger partial charge in [0.15, 0.2) is 0 Å². The molecule has 0 aliphatic heterocycles. The van der Waals surface area contributed by atoms with Gasteiger partial charge in [-0.3, -0.25) is 0 Å². The topological polar surface area (TPSA) is 38.3 Å². The minimum Gasteiger partial charge on any atom is -0.496 e. The third-order valence-corrected chi connectivity index (χ3v) is 5.42. The van der Waals surface area contributed by atoms with Gasteiger partial charge in [0, 0.05) is 21.6 Å². The molecule has 19 heavy (non-hydrogen) atoms. The van der Waals surface area contributed by atoms with Crippen LogP contribution >= 0.6 is 15.9 Å². The van der Waals surface area contributed by atoms with Crippen LogP contribution in [-0.4, -0.2) is 16.1 Å². The van der Waals surface area contributed by atoms with Gasteiger partial charge < -0.3 is 4.74 Å². The average molecular weight is 348 g/mol. The van der Waals surface area contributed by atoms with Gasteiger partial charge in [0.2, 0.25) is 0 Å². The first-order valence-electron chi connectivity index (χ1n) is 6.19. The lowest BCUT2D eigenvalue weighted by Crippen LogP contribution is -2.35. The fourth-order valence-electron chi connectivity index (χ4n) is 1.70. The van der Waals surface area contributed by atoms with Crippen molar-refractivity contribution in [2.24, 2.45) is 0 Å². The number of benzene rings is 1. The van der Waals surface area contributed by atoms with E-state index in [0.29, 0.717) is 0 Å². The molecular weight excluding hydrogens is 326 g/mol. The molecule has 0 saturated carbocycles. The van der Waals surface area contributed by atoms with Gasteiger partial charge in [0.05, 0.1) is 22.8 Å². The van der Waals surface area contributed by atoms with Gasteiger partial charge in [-0.1, -0.05) is 22.0 Å². The second-order valence-corrected chi connectivity index (χ2v) is 8.37. The Balaban J connectivity index is 3.04. The molecule has 2 unspecified atom stereocenters. The molecule has 1 aromatic carbocycles. The Morgan fingerprint density at radius 2 is 1.95 bits per heavy atom. The van der Waals surface area contributed by atoms with Gasteiger partial charge in [-0.2, -0.15) is 0 Å². The van der Waals surface area contributed by atoms with Crippen LogP contribution in [0.3, 0.4) is 0 Å². The minimum absolute atomic E-state index is 0.0400. The second kappa shape index (κ2) is 6.37. The lowest BCUT2D eigenvalue weighted by atomic mass is 10.0. The monoisotopic (exact) mass is 347 g/mol. The Labute approximate surface area is 126 Å². The van der Waals surface area contributed by atoms with E-state index in [4.69, 9.17) is 4.74 Å². The Morgan fingerprint density at radius 3 is 2.42 bits per heavy atom. The molecule has 0 spiro atoms. The van der Waals surface area contributed by atoms with Crippen molar-refractivity contribution in [3.8, 4) is 5.75 Å². The van der Waals surface area contributed by atoms with Crippen LogP contribution in [0.25, 0.3) is 0 Å². The number of rotatable bonds is 4. The van der Waals surface area contributed by atoms with Gasteiger partial charge >= 0.3 is 0 Å². The zero-order valence-corrected chi connectivity index (χ0v) is 14.7. The van der Waals surface area contributed by atoms with Crippen LogP contribution in [0.15, 0.2) is 16.6 Å². The van der Waals surface area contributed by atoms with E-state index in [-0.39, 0.29) is 10.8 Å². The summed E-state index contributed by atoms with van der Waals surface area (Å²) in [4.78, 5) is 0. The van der Waals surface area contributed by atoms with Crippen molar-refractivity contribution in [1.29, 1.82) is 0 Å². The molecule has 1 aromatic rings. The van der Waals surface area contributed by atoms with Crippen LogP contribution in [0.1, 0.15) is 44.9 Å². The molecule has 0 aliphatic rings. The second-order valence-electron chi connectivity index (χ2n) is 5.52. The highest BCUT2D eigenvalue weighted by Crippen LogP contribution is 2.33. The van der Waals surface area contributed by atoms with Gasteiger partial charge in [-0.05, 0) is 40.7 Å². The SMILES string of the molecule is COc1c(C(C)NS(=O)C(C)(C)C)ccc(Br)c1C. The molecular formula is C14H22BrNO2S. The molecule has 3 nitrogen and oxygen atoms in total. The molecule has 0 aromatic heterocycles. The summed E-state index contributed by atoms with van der Waals surface area (Å²) in [7, 11) is 0.551. The third-order valence-electron chi connectivity index (χ3n) is 2.88. The van der Waals surface area contributed by atoms with Crippen molar-refractivity contribution in [1.82, 2.24) is 4.72 Å². The lowest BCUT2D eigenvalue weighted by molar-refractivity contribution is 0.402. The van der Waals surface area contributed by atoms with Crippen LogP contribution in [0.4, 0.5) is 0 Å². The van der Waals surface area contributed by atoms with Crippen LogP contribution < -0.4 is 9.46 Å². The lowest BCUT2D eigenvalue weighted by Gasteiger charge is -2.24. The summed E-state index contributed by atoms with van der Waals surface area (Å²) in [5.41, 5.74) is 2.07. The van der Waals surface area contributed by atoms with Crippen LogP contribution in [-0.2, 0) is 11.0 Å². The molecule has 0 aliphatic carbocycles. The van der Waals surface area contributed by atoms with Gasteiger partial charge in [0.1, 0.15) is 5.75 Å². The van der Waals surface area contributed by atoms with E-state index >= 15 is 0 Å². The number of hydrogen-bond donors (Lipinski definition) is 1. The Hall–Kier alpha value is -0.390. The number of nitrogens with one attached hydrogen (secondary N) is 1. The maximum Gasteiger partial charge on any atom is 0.127 e. The Bertz CT molecular complexity index is 483. The molecule has 108 valence electrons. The highest BCUT2D eigenvalue weighted by molar-refractivity contribution is 9.10. The van der Waals surface area contributed by atoms with Crippen molar-refractivity contribution in [2.75, 3.05) is 7.11 Å². The first-order chi connectivity index (χ1) is 8.68. The molecule has 1 N–H and O–H groups in total. The van der Waals surface area contributed by atoms with Gasteiger partial charge in [-0.15, -0.1) is 0 Å². The van der Waals surface area contributed by atoms with E-state index < -0.39 is 11.0 Å². The smallest absolute Gasteiger partial charge is 0.127 e. The van der Waals surface area contributed by atoms with E-state index in [2.05, 4.69) is 20.7 Å². The maximum atomic E-state index is 12.1. The highest BCUT2D eigenvalue weighted by atomic mass is 79.9. The van der Waals surface area contributed by atoms with E-state index in [1.165, 1.54) is 0 Å². The quantitative estimate of drug-likeness (QED) is 0.897. The van der Waals surface area contributed by atoms with Gasteiger partial charge in [-0.25, -0.2) is 8.93 Å². The zero-order chi connectivity index (χ0) is 14.8. The summed E-state index contributed by atoms with van der Waals surface area (Å²) in [6.07, 6.45) is 0. The van der Waals surface area contributed by atoms with E-state index in [9.17, 15) is 4.21 Å². The molecule has 0 radical (unpaired) electrons. The predicted octanol–water partition coefficient (Wildman–Crippen LogP) is 3.88. The molecule has 0 amide bonds. The Morgan fingerprint density at radius 1 is 1.37 bits per heavy atom. The molecule has 0 heterocycles. The van der Waals surface area contributed by atoms with Crippen LogP contribution in [0.5, 0.6) is 5.75 Å². The fraction of sp³-hybridized carbons (Fsp3) is 0.571. The van der Waals surface area contributed by atoms with Crippen molar-refractivity contribution in [2.45, 2.75) is 45.4 Å². The summed E-state index contributed by atoms with van der Waals surface area (Å²) in [5.74, 6) is 0.834. The van der Waals surface area contributed by atoms with Crippen LogP contribution in [0, 0.1) is 6.92 Å². The summed E-state index contributed by atoms with van der Waals surface area (Å²) in [6.45, 7) is 9.85. The zero-order valence-electron chi connectivity index (χ0n) is 12.3. The van der Waals surface area contributed by atoms with Crippen molar-refractivity contribution in [3.05, 3.63) is 27.7 Å². The van der Waals surface area contributed by atoms with E-state index in [0.717, 1.165) is 21.3 Å². The summed E-state index contributed by atoms with van der Waals surface area (Å²) in [5, 5.41) is 0. The third kappa shape index (κ3) is 4.04. The first-order valence-corrected chi connectivity index (χ1v) is 8.13. The molecule has 0 bridgehead atoms. The van der Waals surface area contributed by atoms with E-state index in [1.807, 2.05) is 46.8 Å². The van der Waals surface area contributed by atoms with E-state index in [1.54, 1.807) is 7.11 Å². The van der Waals surface area contributed by atoms with Crippen molar-refractivity contribution < 1.29 is 8.95 Å². The summed E-state index contributed by atoms with van der Waals surface area (Å²) >= 11 is 3.49. The first kappa shape index (κ1) is 16.7. The molecule has 0 saturated heterocycles. The fourth-order valence-corrected chi connectivity index (χ4v) is 2.82. The molecule has 1 rings (SSSR count). The maximum absolute atomic E-state index is 12.1. The van der Waals surface area contributed by atoms with Gasteiger partial charge in [0.25, 0.3) is 0 Å². The number of methoxy groups -OCH3 is 1. The molecule has 2 atom stereocenters. The summed E-state index contributed by atoms with van der Waals surface area (Å²) in [6, 6.07) is 3.94. The number of hydrogen-bond acceptors (Lipinski definition) is 2. The van der Waals surface area contributed by atoms with Crippen molar-refractivity contribution in [3.63, 3.8) is 0 Å². The average Bonchev–Trinajstić information content (AvgIpc) is 2.30. The standard InChI is InChI=1S/C14H22BrNO2S/c1-9-12(15)8-7-11(13(9)18-6)10(2)16-19(17)14(3,4)5/h7-8,10,16H,1-6H3. The van der Waals surface area contributed by atoms with Crippen molar-refractivity contribution >= 4 is 26.9 Å². The Kier molecular flexibility index (Phi) is 5.59. The largest absolute Gasteiger partial charge is 0.496 e. The predicted molar refractivity (Wildman–Crippen MR) is 84.9 cm³/mol. The minimum atomic E-state index is -1.11. The normalized spacial score (nSPS) is 15.1. The molecule has 0 fully saturated rings. The molecule has 5 heteroatoms. The highest BCUT2D eigenvalue weighted by Gasteiger charge is 2.23.